The number of hydrogen-bond donors (Lipinski definition) is 1. The summed E-state index contributed by atoms with van der Waals surface area (Å²) >= 11 is 1.74. The maximum Gasteiger partial charge on any atom is 0.166 e. The van der Waals surface area contributed by atoms with Crippen LogP contribution in [0.2, 0.25) is 0 Å². The molecule has 1 saturated heterocycles. The Morgan fingerprint density at radius 2 is 2.11 bits per heavy atom. The zero-order valence-electron chi connectivity index (χ0n) is 11.5. The molecular formula is C12H26N2O2S2. The Kier molecular flexibility index (Phi) is 6.98. The van der Waals surface area contributed by atoms with Crippen molar-refractivity contribution in [3.63, 3.8) is 0 Å². The van der Waals surface area contributed by atoms with Crippen molar-refractivity contribution in [1.29, 1.82) is 0 Å². The molecule has 0 spiro atoms. The molecular weight excluding hydrogens is 268 g/mol. The zero-order valence-corrected chi connectivity index (χ0v) is 13.1. The second kappa shape index (κ2) is 7.72. The third kappa shape index (κ3) is 4.72. The SMILES string of the molecule is CCCC(N)CCN1CCSCC1S(=O)(=O)CC. The topological polar surface area (TPSA) is 63.4 Å². The van der Waals surface area contributed by atoms with E-state index in [1.165, 1.54) is 0 Å². The molecule has 0 radical (unpaired) electrons. The molecule has 4 nitrogen and oxygen atoms in total. The highest BCUT2D eigenvalue weighted by Gasteiger charge is 2.32. The van der Waals surface area contributed by atoms with Gasteiger partial charge in [-0.15, -0.1) is 0 Å². The summed E-state index contributed by atoms with van der Waals surface area (Å²) in [6.07, 6.45) is 3.01. The Bertz CT molecular complexity index is 333. The van der Waals surface area contributed by atoms with Crippen LogP contribution >= 0.6 is 11.8 Å². The second-order valence-electron chi connectivity index (χ2n) is 4.85. The van der Waals surface area contributed by atoms with Crippen LogP contribution < -0.4 is 5.73 Å². The summed E-state index contributed by atoms with van der Waals surface area (Å²) < 4.78 is 24.1. The third-order valence-electron chi connectivity index (χ3n) is 3.45. The van der Waals surface area contributed by atoms with E-state index in [4.69, 9.17) is 5.73 Å². The van der Waals surface area contributed by atoms with Crippen LogP contribution in [0.3, 0.4) is 0 Å². The maximum atomic E-state index is 12.0. The molecule has 2 atom stereocenters. The Balaban J connectivity index is 2.55. The van der Waals surface area contributed by atoms with E-state index in [0.717, 1.165) is 38.1 Å². The van der Waals surface area contributed by atoms with Gasteiger partial charge >= 0.3 is 0 Å². The van der Waals surface area contributed by atoms with Gasteiger partial charge in [-0.05, 0) is 12.8 Å². The Morgan fingerprint density at radius 3 is 2.72 bits per heavy atom. The van der Waals surface area contributed by atoms with Crippen LogP contribution in [-0.4, -0.2) is 55.1 Å². The second-order valence-corrected chi connectivity index (χ2v) is 8.45. The van der Waals surface area contributed by atoms with Gasteiger partial charge in [0.1, 0.15) is 5.37 Å². The van der Waals surface area contributed by atoms with Crippen molar-refractivity contribution in [2.75, 3.05) is 30.3 Å². The van der Waals surface area contributed by atoms with Crippen molar-refractivity contribution < 1.29 is 8.42 Å². The van der Waals surface area contributed by atoms with E-state index >= 15 is 0 Å². The van der Waals surface area contributed by atoms with Crippen molar-refractivity contribution in [1.82, 2.24) is 4.90 Å². The molecule has 0 aromatic heterocycles. The zero-order chi connectivity index (χ0) is 13.6. The first-order valence-corrected chi connectivity index (χ1v) is 9.67. The number of thioether (sulfide) groups is 1. The van der Waals surface area contributed by atoms with Gasteiger partial charge in [0.15, 0.2) is 9.84 Å². The molecule has 2 unspecified atom stereocenters. The first-order chi connectivity index (χ1) is 8.51. The van der Waals surface area contributed by atoms with E-state index < -0.39 is 9.84 Å². The first-order valence-electron chi connectivity index (χ1n) is 6.80. The average molecular weight is 294 g/mol. The highest BCUT2D eigenvalue weighted by atomic mass is 32.2. The number of nitrogens with two attached hydrogens (primary N) is 1. The van der Waals surface area contributed by atoms with Crippen molar-refractivity contribution in [3.05, 3.63) is 0 Å². The Hall–Kier alpha value is 0.220. The number of hydrogen-bond acceptors (Lipinski definition) is 5. The number of rotatable bonds is 7. The molecule has 1 rings (SSSR count). The van der Waals surface area contributed by atoms with Gasteiger partial charge in [0.25, 0.3) is 0 Å². The van der Waals surface area contributed by atoms with Gasteiger partial charge in [-0.1, -0.05) is 20.3 Å². The molecule has 108 valence electrons. The minimum atomic E-state index is -2.97. The van der Waals surface area contributed by atoms with Gasteiger partial charge in [0, 0.05) is 36.4 Å². The summed E-state index contributed by atoms with van der Waals surface area (Å²) in [5, 5.41) is -0.296. The normalized spacial score (nSPS) is 24.1. The minimum absolute atomic E-state index is 0.203. The van der Waals surface area contributed by atoms with E-state index in [0.29, 0.717) is 5.75 Å². The Morgan fingerprint density at radius 1 is 1.39 bits per heavy atom. The molecule has 1 aliphatic rings. The van der Waals surface area contributed by atoms with E-state index in [1.54, 1.807) is 18.7 Å². The molecule has 0 aliphatic carbocycles. The Labute approximate surface area is 116 Å². The van der Waals surface area contributed by atoms with Crippen LogP contribution in [0.15, 0.2) is 0 Å². The van der Waals surface area contributed by atoms with Gasteiger partial charge in [-0.3, -0.25) is 4.90 Å². The van der Waals surface area contributed by atoms with Crippen LogP contribution in [0.25, 0.3) is 0 Å². The number of sulfone groups is 1. The van der Waals surface area contributed by atoms with E-state index in [1.807, 2.05) is 0 Å². The molecule has 1 fully saturated rings. The molecule has 1 heterocycles. The predicted octanol–water partition coefficient (Wildman–Crippen LogP) is 1.31. The maximum absolute atomic E-state index is 12.0. The molecule has 0 aromatic rings. The molecule has 0 amide bonds. The van der Waals surface area contributed by atoms with Gasteiger partial charge < -0.3 is 5.73 Å². The van der Waals surface area contributed by atoms with Crippen molar-refractivity contribution in [3.8, 4) is 0 Å². The monoisotopic (exact) mass is 294 g/mol. The van der Waals surface area contributed by atoms with E-state index in [-0.39, 0.29) is 17.2 Å². The molecule has 0 aromatic carbocycles. The van der Waals surface area contributed by atoms with Gasteiger partial charge in [0.2, 0.25) is 0 Å². The lowest BCUT2D eigenvalue weighted by molar-refractivity contribution is 0.257. The summed E-state index contributed by atoms with van der Waals surface area (Å²) in [7, 11) is -2.97. The molecule has 0 saturated carbocycles. The minimum Gasteiger partial charge on any atom is -0.328 e. The van der Waals surface area contributed by atoms with Gasteiger partial charge in [-0.2, -0.15) is 11.8 Å². The summed E-state index contributed by atoms with van der Waals surface area (Å²) in [6, 6.07) is 0.203. The highest BCUT2D eigenvalue weighted by molar-refractivity contribution is 8.01. The standard InChI is InChI=1S/C12H26N2O2S2/c1-3-5-11(13)6-7-14-8-9-17-10-12(14)18(15,16)4-2/h11-12H,3-10,13H2,1-2H3. The van der Waals surface area contributed by atoms with E-state index in [2.05, 4.69) is 11.8 Å². The van der Waals surface area contributed by atoms with Crippen LogP contribution in [0.4, 0.5) is 0 Å². The van der Waals surface area contributed by atoms with Crippen LogP contribution in [0.1, 0.15) is 33.1 Å². The lowest BCUT2D eigenvalue weighted by atomic mass is 10.1. The van der Waals surface area contributed by atoms with Gasteiger partial charge in [-0.25, -0.2) is 8.42 Å². The molecule has 1 aliphatic heterocycles. The van der Waals surface area contributed by atoms with Crippen LogP contribution in [0, 0.1) is 0 Å². The average Bonchev–Trinajstić information content (AvgIpc) is 2.37. The quantitative estimate of drug-likeness (QED) is 0.767. The number of nitrogens with zero attached hydrogens (tertiary/aromatic N) is 1. The van der Waals surface area contributed by atoms with Crippen LogP contribution in [-0.2, 0) is 9.84 Å². The molecule has 0 bridgehead atoms. The van der Waals surface area contributed by atoms with Crippen LogP contribution in [0.5, 0.6) is 0 Å². The summed E-state index contributed by atoms with van der Waals surface area (Å²) in [4.78, 5) is 2.12. The smallest absolute Gasteiger partial charge is 0.166 e. The van der Waals surface area contributed by atoms with Gasteiger partial charge in [0.05, 0.1) is 0 Å². The predicted molar refractivity (Wildman–Crippen MR) is 79.6 cm³/mol. The summed E-state index contributed by atoms with van der Waals surface area (Å²) in [5.74, 6) is 1.97. The lowest BCUT2D eigenvalue weighted by Gasteiger charge is -2.35. The lowest BCUT2D eigenvalue weighted by Crippen LogP contribution is -2.48. The molecule has 18 heavy (non-hydrogen) atoms. The molecule has 2 N–H and O–H groups in total. The summed E-state index contributed by atoms with van der Waals surface area (Å²) in [5.41, 5.74) is 6.01. The van der Waals surface area contributed by atoms with Crippen molar-refractivity contribution >= 4 is 21.6 Å². The fourth-order valence-corrected chi connectivity index (χ4v) is 5.35. The molecule has 6 heteroatoms. The fourth-order valence-electron chi connectivity index (χ4n) is 2.24. The highest BCUT2D eigenvalue weighted by Crippen LogP contribution is 2.21. The third-order valence-corrected chi connectivity index (χ3v) is 6.79. The van der Waals surface area contributed by atoms with Crippen molar-refractivity contribution in [2.45, 2.75) is 44.5 Å². The first kappa shape index (κ1) is 16.3. The van der Waals surface area contributed by atoms with Crippen molar-refractivity contribution in [2.24, 2.45) is 5.73 Å². The summed E-state index contributed by atoms with van der Waals surface area (Å²) in [6.45, 7) is 5.54. The van der Waals surface area contributed by atoms with E-state index in [9.17, 15) is 8.42 Å². The fraction of sp³-hybridized carbons (Fsp3) is 1.00. The largest absolute Gasteiger partial charge is 0.328 e.